The van der Waals surface area contributed by atoms with Crippen molar-refractivity contribution in [1.82, 2.24) is 0 Å². The first-order valence-corrected chi connectivity index (χ1v) is 4.96. The third-order valence-electron chi connectivity index (χ3n) is 2.44. The molecule has 0 fully saturated rings. The molecule has 6 heteroatoms. The SMILES string of the molecule is CC1C=C(C(N)=O)c2cc([N+](=O)[O-])ccc2O1. The van der Waals surface area contributed by atoms with E-state index >= 15 is 0 Å². The molecule has 0 aromatic heterocycles. The smallest absolute Gasteiger partial charge is 0.270 e. The van der Waals surface area contributed by atoms with Crippen LogP contribution < -0.4 is 10.5 Å². The first kappa shape index (κ1) is 11.1. The second-order valence-corrected chi connectivity index (χ2v) is 3.71. The Morgan fingerprint density at radius 2 is 2.24 bits per heavy atom. The number of non-ortho nitro benzene ring substituents is 1. The van der Waals surface area contributed by atoms with Crippen LogP contribution in [0.25, 0.3) is 5.57 Å². The lowest BCUT2D eigenvalue weighted by atomic mass is 9.99. The minimum Gasteiger partial charge on any atom is -0.486 e. The summed E-state index contributed by atoms with van der Waals surface area (Å²) in [6.07, 6.45) is 1.26. The summed E-state index contributed by atoms with van der Waals surface area (Å²) >= 11 is 0. The van der Waals surface area contributed by atoms with Gasteiger partial charge in [0.1, 0.15) is 11.9 Å². The number of nitro benzene ring substituents is 1. The molecule has 0 saturated carbocycles. The maximum absolute atomic E-state index is 11.3. The van der Waals surface area contributed by atoms with Gasteiger partial charge in [-0.25, -0.2) is 0 Å². The molecule has 17 heavy (non-hydrogen) atoms. The number of nitrogens with two attached hydrogens (primary N) is 1. The Hall–Kier alpha value is -2.37. The van der Waals surface area contributed by atoms with Gasteiger partial charge in [0.2, 0.25) is 5.91 Å². The van der Waals surface area contributed by atoms with Crippen LogP contribution in [0.1, 0.15) is 12.5 Å². The number of rotatable bonds is 2. The summed E-state index contributed by atoms with van der Waals surface area (Å²) in [6.45, 7) is 1.76. The van der Waals surface area contributed by atoms with Gasteiger partial charge >= 0.3 is 0 Å². The highest BCUT2D eigenvalue weighted by Crippen LogP contribution is 2.34. The molecule has 1 aromatic rings. The number of amides is 1. The van der Waals surface area contributed by atoms with E-state index in [4.69, 9.17) is 10.5 Å². The van der Waals surface area contributed by atoms with Crippen LogP contribution in [-0.2, 0) is 4.79 Å². The Balaban J connectivity index is 2.58. The van der Waals surface area contributed by atoms with Gasteiger partial charge in [-0.3, -0.25) is 14.9 Å². The number of carbonyl (C=O) groups excluding carboxylic acids is 1. The molecule has 1 aromatic carbocycles. The Bertz CT molecular complexity index is 536. The monoisotopic (exact) mass is 234 g/mol. The summed E-state index contributed by atoms with van der Waals surface area (Å²) in [6, 6.07) is 4.09. The van der Waals surface area contributed by atoms with Gasteiger partial charge in [0, 0.05) is 23.3 Å². The number of hydrogen-bond acceptors (Lipinski definition) is 4. The Kier molecular flexibility index (Phi) is 2.55. The molecule has 0 spiro atoms. The van der Waals surface area contributed by atoms with E-state index in [9.17, 15) is 14.9 Å². The van der Waals surface area contributed by atoms with Gasteiger partial charge in [-0.2, -0.15) is 0 Å². The summed E-state index contributed by atoms with van der Waals surface area (Å²) in [5, 5.41) is 10.7. The number of hydrogen-bond donors (Lipinski definition) is 1. The second kappa shape index (κ2) is 3.89. The standard InChI is InChI=1S/C11H10N2O4/c1-6-4-9(11(12)14)8-5-7(13(15)16)2-3-10(8)17-6/h2-6H,1H3,(H2,12,14). The molecule has 1 aliphatic rings. The predicted molar refractivity (Wildman–Crippen MR) is 60.4 cm³/mol. The minimum absolute atomic E-state index is 0.103. The zero-order valence-corrected chi connectivity index (χ0v) is 9.04. The van der Waals surface area contributed by atoms with Crippen LogP contribution in [0.15, 0.2) is 24.3 Å². The minimum atomic E-state index is -0.623. The van der Waals surface area contributed by atoms with Crippen LogP contribution in [0.5, 0.6) is 5.75 Å². The largest absolute Gasteiger partial charge is 0.486 e. The van der Waals surface area contributed by atoms with E-state index in [2.05, 4.69) is 0 Å². The fraction of sp³-hybridized carbons (Fsp3) is 0.182. The number of nitrogens with zero attached hydrogens (tertiary/aromatic N) is 1. The molecular formula is C11H10N2O4. The van der Waals surface area contributed by atoms with Gasteiger partial charge in [0.25, 0.3) is 5.69 Å². The van der Waals surface area contributed by atoms with Gasteiger partial charge in [0.15, 0.2) is 0 Å². The third-order valence-corrected chi connectivity index (χ3v) is 2.44. The average Bonchev–Trinajstić information content (AvgIpc) is 2.26. The summed E-state index contributed by atoms with van der Waals surface area (Å²) in [4.78, 5) is 21.4. The van der Waals surface area contributed by atoms with Crippen molar-refractivity contribution in [2.75, 3.05) is 0 Å². The molecule has 1 heterocycles. The summed E-state index contributed by atoms with van der Waals surface area (Å²) < 4.78 is 5.44. The number of nitro groups is 1. The quantitative estimate of drug-likeness (QED) is 0.615. The van der Waals surface area contributed by atoms with Crippen LogP contribution in [0.2, 0.25) is 0 Å². The van der Waals surface area contributed by atoms with E-state index in [0.717, 1.165) is 0 Å². The van der Waals surface area contributed by atoms with Crippen molar-refractivity contribution in [3.63, 3.8) is 0 Å². The fourth-order valence-corrected chi connectivity index (χ4v) is 1.72. The zero-order chi connectivity index (χ0) is 12.6. The molecule has 88 valence electrons. The molecule has 1 atom stereocenters. The van der Waals surface area contributed by atoms with Gasteiger partial charge < -0.3 is 10.5 Å². The summed E-state index contributed by atoms with van der Waals surface area (Å²) in [5.74, 6) is -0.193. The number of carbonyl (C=O) groups is 1. The van der Waals surface area contributed by atoms with Crippen molar-refractivity contribution in [2.45, 2.75) is 13.0 Å². The van der Waals surface area contributed by atoms with E-state index in [-0.39, 0.29) is 17.4 Å². The van der Waals surface area contributed by atoms with Gasteiger partial charge in [-0.1, -0.05) is 0 Å². The van der Waals surface area contributed by atoms with Crippen LogP contribution in [0.3, 0.4) is 0 Å². The Labute approximate surface area is 96.8 Å². The third kappa shape index (κ3) is 1.96. The summed E-state index contributed by atoms with van der Waals surface area (Å²) in [7, 11) is 0. The molecule has 1 aliphatic heterocycles. The molecule has 2 N–H and O–H groups in total. The number of primary amides is 1. The van der Waals surface area contributed by atoms with Crippen molar-refractivity contribution in [1.29, 1.82) is 0 Å². The van der Waals surface area contributed by atoms with Gasteiger partial charge in [-0.05, 0) is 19.1 Å². The highest BCUT2D eigenvalue weighted by atomic mass is 16.6. The van der Waals surface area contributed by atoms with Gasteiger partial charge in [-0.15, -0.1) is 0 Å². The average molecular weight is 234 g/mol. The normalized spacial score (nSPS) is 17.7. The number of fused-ring (bicyclic) bond motifs is 1. The van der Waals surface area contributed by atoms with Crippen LogP contribution in [0.4, 0.5) is 5.69 Å². The van der Waals surface area contributed by atoms with Crippen molar-refractivity contribution in [3.8, 4) is 5.75 Å². The molecule has 0 aliphatic carbocycles. The molecule has 0 saturated heterocycles. The first-order chi connectivity index (χ1) is 7.99. The first-order valence-electron chi connectivity index (χ1n) is 4.96. The zero-order valence-electron chi connectivity index (χ0n) is 9.04. The van der Waals surface area contributed by atoms with Crippen LogP contribution in [-0.4, -0.2) is 16.9 Å². The fourth-order valence-electron chi connectivity index (χ4n) is 1.72. The molecule has 0 radical (unpaired) electrons. The molecule has 6 nitrogen and oxygen atoms in total. The highest BCUT2D eigenvalue weighted by molar-refractivity contribution is 6.20. The predicted octanol–water partition coefficient (Wildman–Crippen LogP) is 1.24. The highest BCUT2D eigenvalue weighted by Gasteiger charge is 2.23. The van der Waals surface area contributed by atoms with Gasteiger partial charge in [0.05, 0.1) is 4.92 Å². The molecular weight excluding hydrogens is 224 g/mol. The number of benzene rings is 1. The van der Waals surface area contributed by atoms with E-state index in [1.807, 2.05) is 0 Å². The lowest BCUT2D eigenvalue weighted by Crippen LogP contribution is -2.22. The van der Waals surface area contributed by atoms with Crippen molar-refractivity contribution < 1.29 is 14.5 Å². The second-order valence-electron chi connectivity index (χ2n) is 3.71. The van der Waals surface area contributed by atoms with E-state index in [0.29, 0.717) is 11.3 Å². The van der Waals surface area contributed by atoms with Crippen LogP contribution >= 0.6 is 0 Å². The van der Waals surface area contributed by atoms with Crippen molar-refractivity contribution in [2.24, 2.45) is 5.73 Å². The lowest BCUT2D eigenvalue weighted by molar-refractivity contribution is -0.384. The van der Waals surface area contributed by atoms with Crippen molar-refractivity contribution in [3.05, 3.63) is 40.0 Å². The lowest BCUT2D eigenvalue weighted by Gasteiger charge is -2.21. The summed E-state index contributed by atoms with van der Waals surface area (Å²) in [5.41, 5.74) is 5.75. The van der Waals surface area contributed by atoms with E-state index in [1.54, 1.807) is 13.0 Å². The topological polar surface area (TPSA) is 95.5 Å². The van der Waals surface area contributed by atoms with Crippen molar-refractivity contribution >= 4 is 17.2 Å². The number of ether oxygens (including phenoxy) is 1. The van der Waals surface area contributed by atoms with Crippen LogP contribution in [0, 0.1) is 10.1 Å². The van der Waals surface area contributed by atoms with E-state index < -0.39 is 10.8 Å². The molecule has 1 amide bonds. The Morgan fingerprint density at radius 3 is 2.82 bits per heavy atom. The molecule has 0 bridgehead atoms. The van der Waals surface area contributed by atoms with E-state index in [1.165, 1.54) is 18.2 Å². The Morgan fingerprint density at radius 1 is 1.53 bits per heavy atom. The maximum atomic E-state index is 11.3. The maximum Gasteiger partial charge on any atom is 0.270 e. The molecule has 1 unspecified atom stereocenters. The molecule has 2 rings (SSSR count).